The summed E-state index contributed by atoms with van der Waals surface area (Å²) < 4.78 is 13.0. The number of rotatable bonds is 2. The van der Waals surface area contributed by atoms with Crippen LogP contribution in [0.1, 0.15) is 13.8 Å². The number of carbonyl (C=O) groups excluding carboxylic acids is 1. The van der Waals surface area contributed by atoms with Crippen molar-refractivity contribution < 1.29 is 19.0 Å². The average Bonchev–Trinajstić information content (AvgIpc) is 1.90. The van der Waals surface area contributed by atoms with Crippen LogP contribution in [0.2, 0.25) is 0 Å². The molecule has 0 heterocycles. The fraction of sp³-hybridized carbons (Fsp3) is 0.500. The summed E-state index contributed by atoms with van der Waals surface area (Å²) in [5, 5.41) is 0. The largest absolute Gasteiger partial charge is 0.463 e. The first-order valence-electron chi connectivity index (χ1n) is 2.89. The molecule has 0 bridgehead atoms. The lowest BCUT2D eigenvalue weighted by atomic mass is 10.4. The Morgan fingerprint density at radius 2 is 2.09 bits per heavy atom. The Morgan fingerprint density at radius 1 is 1.73 bits per heavy atom. The monoisotopic (exact) mass is 178 g/mol. The van der Waals surface area contributed by atoms with E-state index in [9.17, 15) is 4.79 Å². The maximum Gasteiger partial charge on any atom is 0.333 e. The fourth-order valence-electron chi connectivity index (χ4n) is 0.254. The molecule has 0 aromatic rings. The molecule has 0 atom stereocenters. The first-order valence-corrected chi connectivity index (χ1v) is 3.66. The van der Waals surface area contributed by atoms with E-state index in [1.807, 2.05) is 0 Å². The molecule has 4 nitrogen and oxygen atoms in total. The molecule has 0 saturated heterocycles. The predicted octanol–water partition coefficient (Wildman–Crippen LogP) is 1.31. The minimum atomic E-state index is -0.833. The van der Waals surface area contributed by atoms with Crippen LogP contribution in [0.5, 0.6) is 0 Å². The second kappa shape index (κ2) is 9.27. The summed E-state index contributed by atoms with van der Waals surface area (Å²) in [5.41, 5.74) is 0.451. The van der Waals surface area contributed by atoms with Crippen molar-refractivity contribution in [2.75, 3.05) is 6.61 Å². The Hall–Kier alpha value is -0.730. The van der Waals surface area contributed by atoms with Crippen molar-refractivity contribution in [2.24, 2.45) is 0 Å². The first-order chi connectivity index (χ1) is 5.09. The topological polar surface area (TPSA) is 63.6 Å². The van der Waals surface area contributed by atoms with E-state index in [1.165, 1.54) is 0 Å². The summed E-state index contributed by atoms with van der Waals surface area (Å²) in [5.74, 6) is -0.312. The van der Waals surface area contributed by atoms with Crippen LogP contribution in [-0.2, 0) is 14.1 Å². The average molecular weight is 178 g/mol. The van der Waals surface area contributed by atoms with Crippen molar-refractivity contribution >= 4 is 14.7 Å². The molecule has 64 valence electrons. The summed E-state index contributed by atoms with van der Waals surface area (Å²) in [6.45, 7) is 7.21. The van der Waals surface area contributed by atoms with Crippen molar-refractivity contribution in [3.05, 3.63) is 12.2 Å². The number of hydrogen-bond donors (Lipinski definition) is 1. The zero-order valence-corrected chi connectivity index (χ0v) is 7.43. The highest BCUT2D eigenvalue weighted by Crippen LogP contribution is 1.89. The molecular formula is C6H11O4P. The molecule has 0 aliphatic heterocycles. The van der Waals surface area contributed by atoms with Crippen molar-refractivity contribution in [1.29, 1.82) is 0 Å². The molecule has 0 unspecified atom stereocenters. The lowest BCUT2D eigenvalue weighted by Gasteiger charge is -1.96. The maximum absolute atomic E-state index is 10.4. The number of hydrogen-bond acceptors (Lipinski definition) is 3. The van der Waals surface area contributed by atoms with E-state index >= 15 is 0 Å². The molecule has 0 amide bonds. The molecule has 5 heteroatoms. The standard InChI is InChI=1S/C6H10O2.HO2P/c1-4-8-6(7)5(2)3;1-3-2/h2,4H2,1,3H3;(H,1,2). The second-order valence-corrected chi connectivity index (χ2v) is 1.75. The number of ether oxygens (including phenoxy) is 1. The summed E-state index contributed by atoms with van der Waals surface area (Å²) in [6, 6.07) is 0. The van der Waals surface area contributed by atoms with Crippen molar-refractivity contribution in [3.8, 4) is 0 Å². The molecule has 0 aliphatic rings. The quantitative estimate of drug-likeness (QED) is 0.393. The molecule has 0 fully saturated rings. The van der Waals surface area contributed by atoms with Crippen LogP contribution in [0.4, 0.5) is 0 Å². The van der Waals surface area contributed by atoms with Crippen LogP contribution in [-0.4, -0.2) is 17.5 Å². The van der Waals surface area contributed by atoms with Gasteiger partial charge in [-0.2, -0.15) is 0 Å². The second-order valence-electron chi connectivity index (χ2n) is 1.58. The zero-order chi connectivity index (χ0) is 9.28. The van der Waals surface area contributed by atoms with Gasteiger partial charge in [-0.05, 0) is 13.8 Å². The van der Waals surface area contributed by atoms with Crippen LogP contribution >= 0.6 is 8.69 Å². The van der Waals surface area contributed by atoms with Gasteiger partial charge in [-0.15, -0.1) is 0 Å². The molecule has 0 saturated carbocycles. The van der Waals surface area contributed by atoms with Crippen LogP contribution in [0.3, 0.4) is 0 Å². The van der Waals surface area contributed by atoms with Crippen LogP contribution < -0.4 is 0 Å². The number of carbonyl (C=O) groups is 1. The number of esters is 1. The van der Waals surface area contributed by atoms with Gasteiger partial charge in [0.15, 0.2) is 0 Å². The van der Waals surface area contributed by atoms with E-state index in [-0.39, 0.29) is 5.97 Å². The molecule has 0 rings (SSSR count). The Kier molecular flexibility index (Phi) is 10.9. The SMILES string of the molecule is C=C(C)C(=O)OCC.O=PO. The molecule has 0 aliphatic carbocycles. The molecule has 11 heavy (non-hydrogen) atoms. The van der Waals surface area contributed by atoms with E-state index in [0.717, 1.165) is 0 Å². The van der Waals surface area contributed by atoms with Crippen molar-refractivity contribution in [2.45, 2.75) is 13.8 Å². The Balaban J connectivity index is 0. The minimum Gasteiger partial charge on any atom is -0.463 e. The summed E-state index contributed by atoms with van der Waals surface area (Å²) in [6.07, 6.45) is 0. The van der Waals surface area contributed by atoms with E-state index in [2.05, 4.69) is 11.3 Å². The third-order valence-corrected chi connectivity index (χ3v) is 0.624. The van der Waals surface area contributed by atoms with E-state index in [1.54, 1.807) is 13.8 Å². The third kappa shape index (κ3) is 12.5. The van der Waals surface area contributed by atoms with Crippen LogP contribution in [0.25, 0.3) is 0 Å². The summed E-state index contributed by atoms with van der Waals surface area (Å²) in [4.78, 5) is 17.4. The molecular weight excluding hydrogens is 167 g/mol. The van der Waals surface area contributed by atoms with Gasteiger partial charge in [0.2, 0.25) is 0 Å². The van der Waals surface area contributed by atoms with Gasteiger partial charge in [0.05, 0.1) is 6.61 Å². The Bertz CT molecular complexity index is 144. The zero-order valence-electron chi connectivity index (χ0n) is 6.53. The molecule has 0 aromatic carbocycles. The normalized spacial score (nSPS) is 7.91. The van der Waals surface area contributed by atoms with E-state index in [4.69, 9.17) is 9.46 Å². The van der Waals surface area contributed by atoms with Gasteiger partial charge < -0.3 is 9.63 Å². The van der Waals surface area contributed by atoms with E-state index in [0.29, 0.717) is 12.2 Å². The van der Waals surface area contributed by atoms with Crippen molar-refractivity contribution in [3.63, 3.8) is 0 Å². The molecule has 0 aromatic heterocycles. The Morgan fingerprint density at radius 3 is 2.18 bits per heavy atom. The third-order valence-electron chi connectivity index (χ3n) is 0.624. The fourth-order valence-corrected chi connectivity index (χ4v) is 0.254. The van der Waals surface area contributed by atoms with Gasteiger partial charge in [-0.1, -0.05) is 6.58 Å². The first kappa shape index (κ1) is 12.9. The van der Waals surface area contributed by atoms with Gasteiger partial charge in [0.1, 0.15) is 0 Å². The Labute approximate surface area is 67.2 Å². The highest BCUT2D eigenvalue weighted by Gasteiger charge is 1.98. The van der Waals surface area contributed by atoms with Gasteiger partial charge in [0, 0.05) is 5.57 Å². The highest BCUT2D eigenvalue weighted by molar-refractivity contribution is 7.16. The summed E-state index contributed by atoms with van der Waals surface area (Å²) in [7, 11) is -0.833. The lowest BCUT2D eigenvalue weighted by molar-refractivity contribution is -0.138. The predicted molar refractivity (Wildman–Crippen MR) is 41.3 cm³/mol. The minimum absolute atomic E-state index is 0.312. The van der Waals surface area contributed by atoms with Gasteiger partial charge in [-0.3, -0.25) is 0 Å². The van der Waals surface area contributed by atoms with Gasteiger partial charge in [0.25, 0.3) is 0 Å². The highest BCUT2D eigenvalue weighted by atomic mass is 31.1. The molecule has 0 radical (unpaired) electrons. The van der Waals surface area contributed by atoms with Crippen LogP contribution in [0, 0.1) is 0 Å². The molecule has 1 N–H and O–H groups in total. The summed E-state index contributed by atoms with van der Waals surface area (Å²) >= 11 is 0. The van der Waals surface area contributed by atoms with Gasteiger partial charge in [-0.25, -0.2) is 9.36 Å². The lowest BCUT2D eigenvalue weighted by Crippen LogP contribution is -2.03. The van der Waals surface area contributed by atoms with Crippen LogP contribution in [0.15, 0.2) is 12.2 Å². The molecule has 0 spiro atoms. The smallest absolute Gasteiger partial charge is 0.333 e. The van der Waals surface area contributed by atoms with E-state index < -0.39 is 8.69 Å². The maximum atomic E-state index is 10.4. The van der Waals surface area contributed by atoms with Crippen molar-refractivity contribution in [1.82, 2.24) is 0 Å². The van der Waals surface area contributed by atoms with Gasteiger partial charge >= 0.3 is 14.7 Å².